The van der Waals surface area contributed by atoms with E-state index in [0.29, 0.717) is 11.1 Å². The lowest BCUT2D eigenvalue weighted by Crippen LogP contribution is -2.19. The van der Waals surface area contributed by atoms with E-state index in [9.17, 15) is 4.79 Å². The van der Waals surface area contributed by atoms with Gasteiger partial charge in [0, 0.05) is 31.6 Å². The zero-order chi connectivity index (χ0) is 13.0. The van der Waals surface area contributed by atoms with Crippen molar-refractivity contribution in [2.75, 3.05) is 7.05 Å². The lowest BCUT2D eigenvalue weighted by atomic mass is 9.95. The Morgan fingerprint density at radius 3 is 2.83 bits per heavy atom. The minimum Gasteiger partial charge on any atom is -0.351 e. The van der Waals surface area contributed by atoms with Crippen LogP contribution in [0.15, 0.2) is 24.5 Å². The van der Waals surface area contributed by atoms with Crippen LogP contribution >= 0.6 is 0 Å². The first-order chi connectivity index (χ1) is 8.66. The Morgan fingerprint density at radius 2 is 2.17 bits per heavy atom. The fourth-order valence-corrected chi connectivity index (χ4v) is 2.41. The summed E-state index contributed by atoms with van der Waals surface area (Å²) in [5.41, 5.74) is 0.996. The Labute approximate surface area is 107 Å². The summed E-state index contributed by atoms with van der Waals surface area (Å²) in [5, 5.41) is 9.51. The third kappa shape index (κ3) is 3.23. The maximum atomic E-state index is 11.2. The average Bonchev–Trinajstić information content (AvgIpc) is 2.85. The number of aromatic nitrogens is 1. The molecule has 98 valence electrons. The van der Waals surface area contributed by atoms with Crippen LogP contribution in [0.1, 0.15) is 43.7 Å². The van der Waals surface area contributed by atoms with Crippen LogP contribution in [0, 0.1) is 0 Å². The molecule has 1 saturated carbocycles. The van der Waals surface area contributed by atoms with E-state index in [1.807, 2.05) is 6.07 Å². The summed E-state index contributed by atoms with van der Waals surface area (Å²) < 4.78 is 2.24. The molecular formula is C14H20N2O2. The number of likely N-dealkylation sites (N-methyl/N-ethyl adjacent to an activating group) is 1. The van der Waals surface area contributed by atoms with E-state index < -0.39 is 5.91 Å². The third-order valence-corrected chi connectivity index (χ3v) is 3.47. The van der Waals surface area contributed by atoms with Gasteiger partial charge in [-0.05, 0) is 30.5 Å². The van der Waals surface area contributed by atoms with Gasteiger partial charge in [0.2, 0.25) is 0 Å². The Balaban J connectivity index is 1.99. The minimum absolute atomic E-state index is 0.416. The lowest BCUT2D eigenvalue weighted by molar-refractivity contribution is -0.153. The van der Waals surface area contributed by atoms with Crippen molar-refractivity contribution in [2.45, 2.75) is 38.1 Å². The van der Waals surface area contributed by atoms with E-state index in [0.717, 1.165) is 5.56 Å². The average molecular weight is 248 g/mol. The Bertz CT molecular complexity index is 429. The van der Waals surface area contributed by atoms with Gasteiger partial charge in [-0.15, -0.1) is 0 Å². The molecule has 0 unspecified atom stereocenters. The van der Waals surface area contributed by atoms with Crippen molar-refractivity contribution < 1.29 is 10.0 Å². The van der Waals surface area contributed by atoms with Crippen LogP contribution in [0.3, 0.4) is 0 Å². The summed E-state index contributed by atoms with van der Waals surface area (Å²) in [6.07, 6.45) is 13.7. The molecule has 18 heavy (non-hydrogen) atoms. The van der Waals surface area contributed by atoms with Crippen LogP contribution < -0.4 is 0 Å². The second-order valence-corrected chi connectivity index (χ2v) is 4.88. The normalized spacial score (nSPS) is 17.2. The van der Waals surface area contributed by atoms with Crippen LogP contribution in [0.25, 0.3) is 6.08 Å². The molecule has 0 spiro atoms. The molecule has 0 aromatic carbocycles. The molecule has 1 N–H and O–H groups in total. The van der Waals surface area contributed by atoms with Crippen LogP contribution in [0.5, 0.6) is 0 Å². The van der Waals surface area contributed by atoms with Crippen molar-refractivity contribution >= 4 is 12.0 Å². The highest BCUT2D eigenvalue weighted by Crippen LogP contribution is 2.28. The molecule has 1 aliphatic rings. The molecule has 1 amide bonds. The van der Waals surface area contributed by atoms with E-state index >= 15 is 0 Å². The smallest absolute Gasteiger partial charge is 0.269 e. The molecule has 0 saturated heterocycles. The first-order valence-corrected chi connectivity index (χ1v) is 6.49. The van der Waals surface area contributed by atoms with Crippen LogP contribution in [0.2, 0.25) is 0 Å². The Morgan fingerprint density at radius 1 is 1.44 bits per heavy atom. The molecule has 2 rings (SSSR count). The van der Waals surface area contributed by atoms with E-state index in [1.165, 1.54) is 45.2 Å². The predicted molar refractivity (Wildman–Crippen MR) is 70.1 cm³/mol. The molecule has 0 bridgehead atoms. The van der Waals surface area contributed by atoms with Gasteiger partial charge >= 0.3 is 0 Å². The SMILES string of the molecule is CN(O)C(=O)/C=C/c1ccn(C2CCCCC2)c1. The Hall–Kier alpha value is -1.55. The number of rotatable bonds is 3. The van der Waals surface area contributed by atoms with Gasteiger partial charge in [-0.25, -0.2) is 5.06 Å². The van der Waals surface area contributed by atoms with Crippen LogP contribution in [0.4, 0.5) is 0 Å². The quantitative estimate of drug-likeness (QED) is 0.508. The fourth-order valence-electron chi connectivity index (χ4n) is 2.41. The van der Waals surface area contributed by atoms with E-state index in [2.05, 4.69) is 17.0 Å². The van der Waals surface area contributed by atoms with Crippen molar-refractivity contribution in [3.63, 3.8) is 0 Å². The predicted octanol–water partition coefficient (Wildman–Crippen LogP) is 2.85. The largest absolute Gasteiger partial charge is 0.351 e. The molecule has 0 aliphatic heterocycles. The zero-order valence-corrected chi connectivity index (χ0v) is 10.7. The molecule has 1 fully saturated rings. The highest BCUT2D eigenvalue weighted by Gasteiger charge is 2.14. The maximum absolute atomic E-state index is 11.2. The second-order valence-electron chi connectivity index (χ2n) is 4.88. The topological polar surface area (TPSA) is 45.5 Å². The van der Waals surface area contributed by atoms with Crippen molar-refractivity contribution in [3.8, 4) is 0 Å². The summed E-state index contributed by atoms with van der Waals surface area (Å²) in [7, 11) is 1.32. The zero-order valence-electron chi connectivity index (χ0n) is 10.7. The maximum Gasteiger partial charge on any atom is 0.269 e. The minimum atomic E-state index is -0.416. The molecule has 0 atom stereocenters. The number of hydrogen-bond donors (Lipinski definition) is 1. The number of amides is 1. The summed E-state index contributed by atoms with van der Waals surface area (Å²) in [6, 6.07) is 2.60. The van der Waals surface area contributed by atoms with Gasteiger partial charge in [-0.3, -0.25) is 10.0 Å². The molecule has 1 heterocycles. The number of hydroxylamine groups is 2. The van der Waals surface area contributed by atoms with Crippen molar-refractivity contribution in [2.24, 2.45) is 0 Å². The highest BCUT2D eigenvalue weighted by molar-refractivity contribution is 5.90. The molecule has 0 radical (unpaired) electrons. The summed E-state index contributed by atoms with van der Waals surface area (Å²) in [6.45, 7) is 0. The first kappa shape index (κ1) is 12.9. The third-order valence-electron chi connectivity index (χ3n) is 3.47. The molecule has 4 heteroatoms. The number of carbonyl (C=O) groups is 1. The number of nitrogens with zero attached hydrogens (tertiary/aromatic N) is 2. The standard InChI is InChI=1S/C14H20N2O2/c1-15(18)14(17)8-7-12-9-10-16(11-12)13-5-3-2-4-6-13/h7-11,13,18H,2-6H2,1H3/b8-7+. The molecule has 4 nitrogen and oxygen atoms in total. The van der Waals surface area contributed by atoms with Crippen LogP contribution in [-0.2, 0) is 4.79 Å². The molecule has 1 aliphatic carbocycles. The van der Waals surface area contributed by atoms with Gasteiger partial charge in [0.1, 0.15) is 0 Å². The number of carbonyl (C=O) groups excluding carboxylic acids is 1. The summed E-state index contributed by atoms with van der Waals surface area (Å²) in [5.74, 6) is -0.416. The van der Waals surface area contributed by atoms with Gasteiger partial charge in [-0.1, -0.05) is 19.3 Å². The van der Waals surface area contributed by atoms with E-state index in [-0.39, 0.29) is 0 Å². The highest BCUT2D eigenvalue weighted by atomic mass is 16.5. The van der Waals surface area contributed by atoms with Crippen molar-refractivity contribution in [1.29, 1.82) is 0 Å². The summed E-state index contributed by atoms with van der Waals surface area (Å²) in [4.78, 5) is 11.2. The second kappa shape index (κ2) is 5.87. The van der Waals surface area contributed by atoms with E-state index in [1.54, 1.807) is 6.08 Å². The first-order valence-electron chi connectivity index (χ1n) is 6.49. The van der Waals surface area contributed by atoms with Gasteiger partial charge in [0.15, 0.2) is 0 Å². The molecule has 1 aromatic rings. The van der Waals surface area contributed by atoms with Crippen molar-refractivity contribution in [3.05, 3.63) is 30.1 Å². The van der Waals surface area contributed by atoms with Crippen LogP contribution in [-0.4, -0.2) is 27.8 Å². The van der Waals surface area contributed by atoms with Gasteiger partial charge in [0.05, 0.1) is 0 Å². The molecule has 1 aromatic heterocycles. The van der Waals surface area contributed by atoms with Gasteiger partial charge in [-0.2, -0.15) is 0 Å². The van der Waals surface area contributed by atoms with Gasteiger partial charge < -0.3 is 4.57 Å². The fraction of sp³-hybridized carbons (Fsp3) is 0.500. The molecular weight excluding hydrogens is 228 g/mol. The monoisotopic (exact) mass is 248 g/mol. The Kier molecular flexibility index (Phi) is 4.20. The summed E-state index contributed by atoms with van der Waals surface area (Å²) >= 11 is 0. The van der Waals surface area contributed by atoms with Crippen molar-refractivity contribution in [1.82, 2.24) is 9.63 Å². The van der Waals surface area contributed by atoms with Gasteiger partial charge in [0.25, 0.3) is 5.91 Å². The lowest BCUT2D eigenvalue weighted by Gasteiger charge is -2.23. The van der Waals surface area contributed by atoms with E-state index in [4.69, 9.17) is 5.21 Å². The number of hydrogen-bond acceptors (Lipinski definition) is 2.